The monoisotopic (exact) mass is 446 g/mol. The van der Waals surface area contributed by atoms with Crippen LogP contribution in [0, 0.1) is 11.7 Å². The van der Waals surface area contributed by atoms with Crippen molar-refractivity contribution in [2.45, 2.75) is 25.4 Å². The molecule has 7 heteroatoms. The van der Waals surface area contributed by atoms with E-state index >= 15 is 0 Å². The van der Waals surface area contributed by atoms with E-state index in [0.717, 1.165) is 63.4 Å². The number of esters is 1. The van der Waals surface area contributed by atoms with Gasteiger partial charge in [-0.2, -0.15) is 0 Å². The van der Waals surface area contributed by atoms with E-state index in [4.69, 9.17) is 21.1 Å². The van der Waals surface area contributed by atoms with E-state index in [1.165, 1.54) is 19.2 Å². The van der Waals surface area contributed by atoms with Gasteiger partial charge in [-0.3, -0.25) is 4.90 Å². The lowest BCUT2D eigenvalue weighted by Gasteiger charge is -2.36. The van der Waals surface area contributed by atoms with Crippen LogP contribution in [0.5, 0.6) is 5.75 Å². The molecular weight excluding hydrogens is 419 g/mol. The fourth-order valence-corrected chi connectivity index (χ4v) is 4.67. The zero-order valence-electron chi connectivity index (χ0n) is 17.7. The van der Waals surface area contributed by atoms with Crippen molar-refractivity contribution in [1.29, 1.82) is 0 Å². The van der Waals surface area contributed by atoms with Crippen molar-refractivity contribution in [3.63, 3.8) is 0 Å². The number of halogens is 2. The molecule has 5 nitrogen and oxygen atoms in total. The van der Waals surface area contributed by atoms with Crippen LogP contribution in [0.2, 0.25) is 5.02 Å². The highest BCUT2D eigenvalue weighted by atomic mass is 35.5. The van der Waals surface area contributed by atoms with Crippen LogP contribution in [0.25, 0.3) is 0 Å². The van der Waals surface area contributed by atoms with E-state index in [1.807, 2.05) is 24.3 Å². The van der Waals surface area contributed by atoms with E-state index in [9.17, 15) is 9.18 Å². The normalized spacial score (nSPS) is 20.1. The van der Waals surface area contributed by atoms with Gasteiger partial charge in [0.1, 0.15) is 17.7 Å². The zero-order chi connectivity index (χ0) is 21.8. The van der Waals surface area contributed by atoms with Gasteiger partial charge in [0.15, 0.2) is 0 Å². The maximum atomic E-state index is 13.6. The second-order valence-electron chi connectivity index (χ2n) is 8.33. The summed E-state index contributed by atoms with van der Waals surface area (Å²) in [6.45, 7) is 4.73. The summed E-state index contributed by atoms with van der Waals surface area (Å²) < 4.78 is 24.6. The SMILES string of the molecule is COC(=O)c1cc(F)ccc1N1CCC(CN2CC[C@H](Oc3ccc(Cl)cc3)C2)CC1. The number of carbonyl (C=O) groups excluding carboxylic acids is 1. The molecule has 0 saturated carbocycles. The maximum Gasteiger partial charge on any atom is 0.340 e. The summed E-state index contributed by atoms with van der Waals surface area (Å²) in [7, 11) is 1.32. The van der Waals surface area contributed by atoms with E-state index in [2.05, 4.69) is 9.80 Å². The van der Waals surface area contributed by atoms with Crippen molar-refractivity contribution in [2.24, 2.45) is 5.92 Å². The molecule has 0 amide bonds. The Hall–Kier alpha value is -2.31. The van der Waals surface area contributed by atoms with Crippen LogP contribution in [0.15, 0.2) is 42.5 Å². The van der Waals surface area contributed by atoms with Crippen LogP contribution < -0.4 is 9.64 Å². The minimum Gasteiger partial charge on any atom is -0.489 e. The molecule has 0 N–H and O–H groups in total. The number of nitrogens with zero attached hydrogens (tertiary/aromatic N) is 2. The van der Waals surface area contributed by atoms with Gasteiger partial charge in [-0.25, -0.2) is 9.18 Å². The molecule has 0 radical (unpaired) electrons. The first-order valence-electron chi connectivity index (χ1n) is 10.8. The molecule has 1 atom stereocenters. The molecule has 0 unspecified atom stereocenters. The Morgan fingerprint density at radius 2 is 1.84 bits per heavy atom. The molecule has 0 aliphatic carbocycles. The largest absolute Gasteiger partial charge is 0.489 e. The van der Waals surface area contributed by atoms with Gasteiger partial charge in [0.25, 0.3) is 0 Å². The Kier molecular flexibility index (Phi) is 6.98. The Balaban J connectivity index is 1.27. The zero-order valence-corrected chi connectivity index (χ0v) is 18.5. The average molecular weight is 447 g/mol. The van der Waals surface area contributed by atoms with Crippen LogP contribution in [-0.4, -0.2) is 56.8 Å². The number of rotatable bonds is 6. The molecule has 0 aromatic heterocycles. The van der Waals surface area contributed by atoms with Gasteiger partial charge in [0.2, 0.25) is 0 Å². The lowest BCUT2D eigenvalue weighted by atomic mass is 9.95. The molecule has 4 rings (SSSR count). The number of piperidine rings is 1. The third kappa shape index (κ3) is 5.49. The second-order valence-corrected chi connectivity index (χ2v) is 8.76. The molecule has 2 heterocycles. The molecule has 0 bridgehead atoms. The summed E-state index contributed by atoms with van der Waals surface area (Å²) in [6, 6.07) is 11.9. The quantitative estimate of drug-likeness (QED) is 0.605. The van der Waals surface area contributed by atoms with Crippen molar-refractivity contribution in [3.05, 3.63) is 58.9 Å². The van der Waals surface area contributed by atoms with Crippen LogP contribution in [0.4, 0.5) is 10.1 Å². The number of ether oxygens (including phenoxy) is 2. The molecule has 2 aliphatic heterocycles. The summed E-state index contributed by atoms with van der Waals surface area (Å²) >= 11 is 5.94. The number of hydrogen-bond donors (Lipinski definition) is 0. The highest BCUT2D eigenvalue weighted by molar-refractivity contribution is 6.30. The first-order chi connectivity index (χ1) is 15.0. The fraction of sp³-hybridized carbons (Fsp3) is 0.458. The van der Waals surface area contributed by atoms with Gasteiger partial charge in [-0.15, -0.1) is 0 Å². The standard InChI is InChI=1S/C24H28ClFN2O3/c1-30-24(29)22-14-19(26)4-7-23(22)28-12-8-17(9-13-28)15-27-11-10-21(16-27)31-20-5-2-18(25)3-6-20/h2-7,14,17,21H,8-13,15-16H2,1H3/t21-/m0/s1. The minimum atomic E-state index is -0.500. The topological polar surface area (TPSA) is 42.0 Å². The number of hydrogen-bond acceptors (Lipinski definition) is 5. The van der Waals surface area contributed by atoms with E-state index < -0.39 is 11.8 Å². The van der Waals surface area contributed by atoms with Crippen molar-refractivity contribution in [3.8, 4) is 5.75 Å². The predicted octanol–water partition coefficient (Wildman–Crippen LogP) is 4.64. The summed E-state index contributed by atoms with van der Waals surface area (Å²) in [4.78, 5) is 16.7. The smallest absolute Gasteiger partial charge is 0.340 e. The molecule has 0 spiro atoms. The van der Waals surface area contributed by atoms with Gasteiger partial charge in [0.05, 0.1) is 18.4 Å². The number of carbonyl (C=O) groups is 1. The van der Waals surface area contributed by atoms with Crippen molar-refractivity contribution in [2.75, 3.05) is 44.7 Å². The molecule has 2 aliphatic rings. The Morgan fingerprint density at radius 3 is 2.55 bits per heavy atom. The Morgan fingerprint density at radius 1 is 1.10 bits per heavy atom. The fourth-order valence-electron chi connectivity index (χ4n) is 4.54. The predicted molar refractivity (Wildman–Crippen MR) is 120 cm³/mol. The molecule has 2 saturated heterocycles. The van der Waals surface area contributed by atoms with Crippen molar-refractivity contribution < 1.29 is 18.7 Å². The van der Waals surface area contributed by atoms with E-state index in [-0.39, 0.29) is 6.10 Å². The van der Waals surface area contributed by atoms with E-state index in [0.29, 0.717) is 16.5 Å². The molecule has 2 fully saturated rings. The van der Waals surface area contributed by atoms with Gasteiger partial charge in [0, 0.05) is 37.7 Å². The van der Waals surface area contributed by atoms with Crippen LogP contribution in [0.3, 0.4) is 0 Å². The maximum absolute atomic E-state index is 13.6. The highest BCUT2D eigenvalue weighted by Crippen LogP contribution is 2.29. The third-order valence-corrected chi connectivity index (χ3v) is 6.43. The number of methoxy groups -OCH3 is 1. The third-order valence-electron chi connectivity index (χ3n) is 6.18. The van der Waals surface area contributed by atoms with E-state index in [1.54, 1.807) is 6.07 Å². The summed E-state index contributed by atoms with van der Waals surface area (Å²) in [6.07, 6.45) is 3.32. The van der Waals surface area contributed by atoms with Gasteiger partial charge < -0.3 is 14.4 Å². The number of likely N-dealkylation sites (tertiary alicyclic amines) is 1. The Bertz CT molecular complexity index is 900. The lowest BCUT2D eigenvalue weighted by Crippen LogP contribution is -2.39. The van der Waals surface area contributed by atoms with Crippen LogP contribution >= 0.6 is 11.6 Å². The van der Waals surface area contributed by atoms with Crippen molar-refractivity contribution >= 4 is 23.3 Å². The van der Waals surface area contributed by atoms with Gasteiger partial charge in [-0.1, -0.05) is 11.6 Å². The van der Waals surface area contributed by atoms with Gasteiger partial charge in [-0.05, 0) is 67.6 Å². The second kappa shape index (κ2) is 9.88. The molecule has 31 heavy (non-hydrogen) atoms. The molecule has 2 aromatic carbocycles. The summed E-state index contributed by atoms with van der Waals surface area (Å²) in [5, 5.41) is 0.714. The average Bonchev–Trinajstić information content (AvgIpc) is 3.22. The van der Waals surface area contributed by atoms with Crippen molar-refractivity contribution in [1.82, 2.24) is 4.90 Å². The van der Waals surface area contributed by atoms with Gasteiger partial charge >= 0.3 is 5.97 Å². The number of benzene rings is 2. The number of anilines is 1. The summed E-state index contributed by atoms with van der Waals surface area (Å²) in [5.41, 5.74) is 1.05. The Labute approximate surface area is 187 Å². The first-order valence-corrected chi connectivity index (χ1v) is 11.2. The molecular formula is C24H28ClFN2O3. The lowest BCUT2D eigenvalue weighted by molar-refractivity contribution is 0.0600. The van der Waals surface area contributed by atoms with Crippen LogP contribution in [0.1, 0.15) is 29.6 Å². The molecule has 2 aromatic rings. The summed E-state index contributed by atoms with van der Waals surface area (Å²) in [5.74, 6) is 0.543. The molecule has 166 valence electrons. The highest BCUT2D eigenvalue weighted by Gasteiger charge is 2.29. The minimum absolute atomic E-state index is 0.211. The first kappa shape index (κ1) is 21.9. The van der Waals surface area contributed by atoms with Crippen LogP contribution in [-0.2, 0) is 4.74 Å².